The number of hydrogen-bond acceptors (Lipinski definition) is 6. The number of nitrogens with one attached hydrogen (secondary N) is 1. The first-order chi connectivity index (χ1) is 28.6. The predicted molar refractivity (Wildman–Crippen MR) is 242 cm³/mol. The first-order valence-electron chi connectivity index (χ1n) is 19.5. The van der Waals surface area contributed by atoms with Crippen LogP contribution >= 0.6 is 11.3 Å². The number of thiophene rings is 1. The van der Waals surface area contributed by atoms with Gasteiger partial charge in [0.1, 0.15) is 0 Å². The van der Waals surface area contributed by atoms with Crippen molar-refractivity contribution in [2.75, 3.05) is 0 Å². The van der Waals surface area contributed by atoms with E-state index in [2.05, 4.69) is 127 Å². The third-order valence-corrected chi connectivity index (χ3v) is 12.1. The molecule has 0 saturated carbocycles. The van der Waals surface area contributed by atoms with Crippen LogP contribution in [0.5, 0.6) is 0 Å². The van der Waals surface area contributed by atoms with E-state index in [0.29, 0.717) is 5.82 Å². The van der Waals surface area contributed by atoms with Crippen LogP contribution in [0.1, 0.15) is 30.2 Å². The number of aromatic nitrogens is 2. The maximum Gasteiger partial charge on any atom is 0.215 e. The Morgan fingerprint density at radius 1 is 0.603 bits per heavy atom. The zero-order valence-electron chi connectivity index (χ0n) is 31.6. The largest absolute Gasteiger partial charge is 0.454 e. The average Bonchev–Trinajstić information content (AvgIpc) is 3.68. The number of fused-ring (bicyclic) bond motifs is 4. The predicted octanol–water partition coefficient (Wildman–Crippen LogP) is 13.4. The first kappa shape index (κ1) is 35.4. The van der Waals surface area contributed by atoms with Gasteiger partial charge in [-0.3, -0.25) is 11.1 Å². The second-order valence-electron chi connectivity index (χ2n) is 14.6. The van der Waals surface area contributed by atoms with E-state index < -0.39 is 6.23 Å². The Morgan fingerprint density at radius 2 is 1.28 bits per heavy atom. The molecular formula is C52H38N4OS. The minimum atomic E-state index is -0.715. The standard InChI is InChI=1S/C52H38N4OS/c53-50(36-12-3-1-4-13-36)57-51(54)44-18-8-7-16-41(44)39-29-25-34-24-28-38(30-40(34)31-39)33-22-26-35(27-23-33)46-32-47(56-52(55-46)37-14-5-2-6-15-37)45-20-11-19-43-42-17-9-10-21-48(42)58-49(43)45/h1-6,8-15,17-32,50,54H,7,16,53H2. The highest BCUT2D eigenvalue weighted by Crippen LogP contribution is 2.41. The molecule has 1 atom stereocenters. The number of benzene rings is 7. The molecule has 0 bridgehead atoms. The van der Waals surface area contributed by atoms with Gasteiger partial charge in [0.25, 0.3) is 0 Å². The van der Waals surface area contributed by atoms with Gasteiger partial charge < -0.3 is 4.74 Å². The monoisotopic (exact) mass is 766 g/mol. The zero-order valence-corrected chi connectivity index (χ0v) is 32.4. The van der Waals surface area contributed by atoms with Crippen molar-refractivity contribution in [1.82, 2.24) is 9.97 Å². The fraction of sp³-hybridized carbons (Fsp3) is 0.0577. The lowest BCUT2D eigenvalue weighted by atomic mass is 9.89. The number of rotatable bonds is 8. The van der Waals surface area contributed by atoms with Crippen molar-refractivity contribution in [1.29, 1.82) is 5.41 Å². The fourth-order valence-corrected chi connectivity index (χ4v) is 9.15. The second kappa shape index (κ2) is 15.2. The van der Waals surface area contributed by atoms with Gasteiger partial charge in [0.05, 0.1) is 11.4 Å². The van der Waals surface area contributed by atoms with E-state index in [1.807, 2.05) is 65.9 Å². The van der Waals surface area contributed by atoms with Gasteiger partial charge in [-0.25, -0.2) is 9.97 Å². The smallest absolute Gasteiger partial charge is 0.215 e. The van der Waals surface area contributed by atoms with Gasteiger partial charge >= 0.3 is 0 Å². The van der Waals surface area contributed by atoms with E-state index in [9.17, 15) is 0 Å². The summed E-state index contributed by atoms with van der Waals surface area (Å²) in [4.78, 5) is 10.3. The van der Waals surface area contributed by atoms with Crippen LogP contribution < -0.4 is 5.73 Å². The Morgan fingerprint density at radius 3 is 2.10 bits per heavy atom. The van der Waals surface area contributed by atoms with Crippen molar-refractivity contribution in [3.63, 3.8) is 0 Å². The molecule has 0 aliphatic heterocycles. The molecule has 0 amide bonds. The number of allylic oxidation sites excluding steroid dienone is 2. The van der Waals surface area contributed by atoms with Crippen molar-refractivity contribution in [2.45, 2.75) is 19.1 Å². The fourth-order valence-electron chi connectivity index (χ4n) is 7.92. The number of ether oxygens (including phenoxy) is 1. The van der Waals surface area contributed by atoms with Crippen molar-refractivity contribution in [3.05, 3.63) is 199 Å². The summed E-state index contributed by atoms with van der Waals surface area (Å²) < 4.78 is 8.46. The van der Waals surface area contributed by atoms with E-state index in [0.717, 1.165) is 85.1 Å². The van der Waals surface area contributed by atoms with Gasteiger partial charge in [0, 0.05) is 48.0 Å². The van der Waals surface area contributed by atoms with Crippen LogP contribution in [-0.4, -0.2) is 15.9 Å². The van der Waals surface area contributed by atoms with Gasteiger partial charge in [0.2, 0.25) is 5.90 Å². The second-order valence-corrected chi connectivity index (χ2v) is 15.6. The highest BCUT2D eigenvalue weighted by molar-refractivity contribution is 7.26. The third kappa shape index (κ3) is 6.79. The lowest BCUT2D eigenvalue weighted by Crippen LogP contribution is -2.20. The minimum Gasteiger partial charge on any atom is -0.454 e. The van der Waals surface area contributed by atoms with Gasteiger partial charge in [-0.15, -0.1) is 11.3 Å². The summed E-state index contributed by atoms with van der Waals surface area (Å²) >= 11 is 1.81. The van der Waals surface area contributed by atoms with Crippen LogP contribution in [0.2, 0.25) is 0 Å². The molecule has 0 fully saturated rings. The Balaban J connectivity index is 0.983. The third-order valence-electron chi connectivity index (χ3n) is 10.9. The molecular weight excluding hydrogens is 729 g/mol. The summed E-state index contributed by atoms with van der Waals surface area (Å²) in [5, 5.41) is 13.7. The molecule has 2 aromatic heterocycles. The van der Waals surface area contributed by atoms with Crippen LogP contribution in [0, 0.1) is 5.41 Å². The molecule has 9 aromatic rings. The van der Waals surface area contributed by atoms with Crippen LogP contribution in [0.3, 0.4) is 0 Å². The zero-order chi connectivity index (χ0) is 39.0. The van der Waals surface area contributed by atoms with Crippen LogP contribution in [0.25, 0.3) is 81.5 Å². The molecule has 0 radical (unpaired) electrons. The summed E-state index contributed by atoms with van der Waals surface area (Å²) in [6.07, 6.45) is 5.11. The average molecular weight is 767 g/mol. The molecule has 5 nitrogen and oxygen atoms in total. The Labute approximate surface area is 341 Å². The van der Waals surface area contributed by atoms with E-state index in [-0.39, 0.29) is 5.90 Å². The summed E-state index contributed by atoms with van der Waals surface area (Å²) in [6.45, 7) is 0. The maximum atomic E-state index is 8.88. The molecule has 2 heterocycles. The summed E-state index contributed by atoms with van der Waals surface area (Å²) in [5.74, 6) is 0.785. The van der Waals surface area contributed by atoms with Crippen LogP contribution in [-0.2, 0) is 4.74 Å². The molecule has 3 N–H and O–H groups in total. The van der Waals surface area contributed by atoms with Gasteiger partial charge in [-0.2, -0.15) is 0 Å². The number of nitrogens with two attached hydrogens (primary N) is 1. The van der Waals surface area contributed by atoms with Crippen molar-refractivity contribution < 1.29 is 4.74 Å². The van der Waals surface area contributed by atoms with Gasteiger partial charge in [-0.05, 0) is 70.1 Å². The molecule has 278 valence electrons. The summed E-state index contributed by atoms with van der Waals surface area (Å²) in [7, 11) is 0. The lowest BCUT2D eigenvalue weighted by molar-refractivity contribution is 0.199. The lowest BCUT2D eigenvalue weighted by Gasteiger charge is -2.21. The van der Waals surface area contributed by atoms with E-state index in [1.165, 1.54) is 20.2 Å². The minimum absolute atomic E-state index is 0.0834. The molecule has 1 aliphatic carbocycles. The molecule has 7 aromatic carbocycles. The van der Waals surface area contributed by atoms with Crippen LogP contribution in [0.4, 0.5) is 0 Å². The van der Waals surface area contributed by atoms with E-state index in [1.54, 1.807) is 0 Å². The topological polar surface area (TPSA) is 84.9 Å². The van der Waals surface area contributed by atoms with Gasteiger partial charge in [-0.1, -0.05) is 158 Å². The van der Waals surface area contributed by atoms with Crippen molar-refractivity contribution in [3.8, 4) is 45.0 Å². The maximum absolute atomic E-state index is 8.88. The SMILES string of the molecule is N=C(OC(N)c1ccccc1)C1=C(c2ccc3ccc(-c4ccc(-c5cc(-c6cccc7c6sc6ccccc67)nc(-c6ccccc6)n5)cc4)cc3c2)CCC=C1. The van der Waals surface area contributed by atoms with Gasteiger partial charge in [0.15, 0.2) is 12.1 Å². The van der Waals surface area contributed by atoms with Crippen molar-refractivity contribution >= 4 is 53.8 Å². The molecule has 1 aliphatic rings. The van der Waals surface area contributed by atoms with E-state index >= 15 is 0 Å². The highest BCUT2D eigenvalue weighted by Gasteiger charge is 2.20. The number of hydrogen-bond donors (Lipinski definition) is 2. The highest BCUT2D eigenvalue weighted by atomic mass is 32.1. The number of nitrogens with zero attached hydrogens (tertiary/aromatic N) is 2. The first-order valence-corrected chi connectivity index (χ1v) is 20.3. The summed E-state index contributed by atoms with van der Waals surface area (Å²) in [6, 6.07) is 58.9. The molecule has 0 spiro atoms. The van der Waals surface area contributed by atoms with Crippen molar-refractivity contribution in [2.24, 2.45) is 5.73 Å². The normalized spacial score (nSPS) is 13.3. The molecule has 10 rings (SSSR count). The molecule has 0 saturated heterocycles. The molecule has 58 heavy (non-hydrogen) atoms. The Kier molecular flexibility index (Phi) is 9.26. The van der Waals surface area contributed by atoms with E-state index in [4.69, 9.17) is 25.8 Å². The van der Waals surface area contributed by atoms with Crippen LogP contribution in [0.15, 0.2) is 188 Å². The molecule has 1 unspecified atom stereocenters. The summed E-state index contributed by atoms with van der Waals surface area (Å²) in [5.41, 5.74) is 17.3. The quantitative estimate of drug-likeness (QED) is 0.0916. The molecule has 6 heteroatoms. The Bertz CT molecular complexity index is 3060. The Hall–Kier alpha value is -6.99.